The average Bonchev–Trinajstić information content (AvgIpc) is 3.13. The fraction of sp³-hybridized carbons (Fsp3) is 1.00. The number of likely N-dealkylation sites (tertiary alicyclic amines) is 1. The number of hydrogen-bond donors (Lipinski definition) is 2. The maximum atomic E-state index is 9.39. The molecule has 4 nitrogen and oxygen atoms in total. The van der Waals surface area contributed by atoms with Crippen LogP contribution in [0.4, 0.5) is 0 Å². The van der Waals surface area contributed by atoms with Gasteiger partial charge in [-0.2, -0.15) is 0 Å². The van der Waals surface area contributed by atoms with Gasteiger partial charge in [-0.1, -0.05) is 0 Å². The smallest absolute Gasteiger partial charge is 0.0597 e. The van der Waals surface area contributed by atoms with Gasteiger partial charge in [0.1, 0.15) is 0 Å². The molecule has 4 heteroatoms. The van der Waals surface area contributed by atoms with Crippen LogP contribution in [0.3, 0.4) is 0 Å². The molecular weight excluding hydrogens is 214 g/mol. The zero-order valence-electron chi connectivity index (χ0n) is 11.2. The van der Waals surface area contributed by atoms with Gasteiger partial charge < -0.3 is 20.2 Å². The predicted octanol–water partition coefficient (Wildman–Crippen LogP) is 0.125. The second-order valence-corrected chi connectivity index (χ2v) is 5.79. The Morgan fingerprint density at radius 2 is 1.94 bits per heavy atom. The van der Waals surface area contributed by atoms with E-state index < -0.39 is 0 Å². The lowest BCUT2D eigenvalue weighted by Crippen LogP contribution is -2.49. The van der Waals surface area contributed by atoms with Crippen molar-refractivity contribution in [2.75, 3.05) is 40.3 Å². The monoisotopic (exact) mass is 241 g/mol. The highest BCUT2D eigenvalue weighted by molar-refractivity contribution is 4.87. The van der Waals surface area contributed by atoms with Gasteiger partial charge in [0.2, 0.25) is 0 Å². The second-order valence-electron chi connectivity index (χ2n) is 5.79. The van der Waals surface area contributed by atoms with E-state index in [1.807, 2.05) is 0 Å². The summed E-state index contributed by atoms with van der Waals surface area (Å²) in [4.78, 5) is 4.83. The second kappa shape index (κ2) is 6.14. The van der Waals surface area contributed by atoms with Crippen molar-refractivity contribution in [1.29, 1.82) is 0 Å². The molecule has 2 aliphatic rings. The molecular formula is C13H27N3O. The molecule has 0 radical (unpaired) electrons. The van der Waals surface area contributed by atoms with Gasteiger partial charge in [-0.3, -0.25) is 0 Å². The predicted molar refractivity (Wildman–Crippen MR) is 70.2 cm³/mol. The molecule has 0 bridgehead atoms. The molecule has 1 aliphatic carbocycles. The summed E-state index contributed by atoms with van der Waals surface area (Å²) in [6.07, 6.45) is 5.09. The van der Waals surface area contributed by atoms with Crippen LogP contribution in [0.2, 0.25) is 0 Å². The molecule has 2 fully saturated rings. The van der Waals surface area contributed by atoms with E-state index in [-0.39, 0.29) is 12.6 Å². The lowest BCUT2D eigenvalue weighted by molar-refractivity contribution is 0.119. The molecule has 0 aromatic heterocycles. The van der Waals surface area contributed by atoms with Gasteiger partial charge in [0.25, 0.3) is 0 Å². The highest BCUT2D eigenvalue weighted by atomic mass is 16.3. The molecule has 17 heavy (non-hydrogen) atoms. The topological polar surface area (TPSA) is 38.7 Å². The Bertz CT molecular complexity index is 225. The number of likely N-dealkylation sites (N-methyl/N-ethyl adjacent to an activating group) is 1. The largest absolute Gasteiger partial charge is 0.395 e. The molecule has 1 saturated heterocycles. The van der Waals surface area contributed by atoms with Crippen LogP contribution in [-0.4, -0.2) is 73.4 Å². The molecule has 1 unspecified atom stereocenters. The molecule has 1 saturated carbocycles. The molecule has 0 amide bonds. The number of piperidine rings is 1. The summed E-state index contributed by atoms with van der Waals surface area (Å²) in [5.74, 6) is 0. The number of nitrogens with zero attached hydrogens (tertiary/aromatic N) is 2. The summed E-state index contributed by atoms with van der Waals surface area (Å²) in [5, 5.41) is 12.9. The van der Waals surface area contributed by atoms with Crippen LogP contribution >= 0.6 is 0 Å². The average molecular weight is 241 g/mol. The van der Waals surface area contributed by atoms with Crippen LogP contribution in [0.25, 0.3) is 0 Å². The van der Waals surface area contributed by atoms with Crippen LogP contribution in [0.15, 0.2) is 0 Å². The normalized spacial score (nSPS) is 25.4. The first kappa shape index (κ1) is 13.3. The first-order valence-electron chi connectivity index (χ1n) is 6.94. The van der Waals surface area contributed by atoms with Crippen molar-refractivity contribution in [2.24, 2.45) is 0 Å². The minimum absolute atomic E-state index is 0.257. The quantitative estimate of drug-likeness (QED) is 0.693. The minimum atomic E-state index is 0.257. The van der Waals surface area contributed by atoms with E-state index in [1.54, 1.807) is 0 Å². The Hall–Kier alpha value is -0.160. The van der Waals surface area contributed by atoms with E-state index in [1.165, 1.54) is 38.8 Å². The van der Waals surface area contributed by atoms with E-state index >= 15 is 0 Å². The lowest BCUT2D eigenvalue weighted by atomic mass is 10.0. The van der Waals surface area contributed by atoms with E-state index in [0.717, 1.165) is 6.54 Å². The fourth-order valence-corrected chi connectivity index (χ4v) is 2.68. The molecule has 2 N–H and O–H groups in total. The maximum Gasteiger partial charge on any atom is 0.0597 e. The summed E-state index contributed by atoms with van der Waals surface area (Å²) >= 11 is 0. The van der Waals surface area contributed by atoms with Crippen molar-refractivity contribution in [1.82, 2.24) is 15.1 Å². The van der Waals surface area contributed by atoms with Gasteiger partial charge in [-0.05, 0) is 52.9 Å². The Morgan fingerprint density at radius 3 is 2.47 bits per heavy atom. The zero-order valence-corrected chi connectivity index (χ0v) is 11.2. The van der Waals surface area contributed by atoms with E-state index in [2.05, 4.69) is 29.2 Å². The van der Waals surface area contributed by atoms with Gasteiger partial charge in [-0.15, -0.1) is 0 Å². The highest BCUT2D eigenvalue weighted by Crippen LogP contribution is 2.20. The van der Waals surface area contributed by atoms with Crippen molar-refractivity contribution >= 4 is 0 Å². The van der Waals surface area contributed by atoms with Crippen LogP contribution < -0.4 is 5.32 Å². The van der Waals surface area contributed by atoms with Crippen molar-refractivity contribution in [3.8, 4) is 0 Å². The fourth-order valence-electron chi connectivity index (χ4n) is 2.68. The van der Waals surface area contributed by atoms with Crippen molar-refractivity contribution in [2.45, 2.75) is 43.8 Å². The Labute approximate surface area is 105 Å². The van der Waals surface area contributed by atoms with Gasteiger partial charge in [-0.25, -0.2) is 0 Å². The lowest BCUT2D eigenvalue weighted by Gasteiger charge is -2.36. The molecule has 0 aromatic carbocycles. The van der Waals surface area contributed by atoms with Gasteiger partial charge in [0.05, 0.1) is 6.61 Å². The Balaban J connectivity index is 1.72. The van der Waals surface area contributed by atoms with E-state index in [4.69, 9.17) is 0 Å². The summed E-state index contributed by atoms with van der Waals surface area (Å²) < 4.78 is 0. The molecule has 1 heterocycles. The zero-order chi connectivity index (χ0) is 12.3. The number of aliphatic hydroxyl groups excluding tert-OH is 1. The summed E-state index contributed by atoms with van der Waals surface area (Å²) in [6.45, 7) is 3.64. The van der Waals surface area contributed by atoms with Crippen molar-refractivity contribution in [3.05, 3.63) is 0 Å². The summed E-state index contributed by atoms with van der Waals surface area (Å²) in [7, 11) is 4.40. The number of rotatable bonds is 6. The number of hydrogen-bond acceptors (Lipinski definition) is 4. The first-order chi connectivity index (χ1) is 8.19. The third-order valence-electron chi connectivity index (χ3n) is 4.09. The third kappa shape index (κ3) is 4.21. The van der Waals surface area contributed by atoms with Crippen LogP contribution in [0.5, 0.6) is 0 Å². The standard InChI is InChI=1S/C13H27N3O/c1-15-7-5-13(6-8-15)16(2)9-12(10-17)14-11-3-4-11/h11-14,17H,3-10H2,1-2H3. The SMILES string of the molecule is CN1CCC(N(C)CC(CO)NC2CC2)CC1. The first-order valence-corrected chi connectivity index (χ1v) is 6.94. The molecule has 1 atom stereocenters. The Kier molecular flexibility index (Phi) is 4.79. The highest BCUT2D eigenvalue weighted by Gasteiger charge is 2.27. The third-order valence-corrected chi connectivity index (χ3v) is 4.09. The van der Waals surface area contributed by atoms with E-state index in [0.29, 0.717) is 12.1 Å². The molecule has 1 aliphatic heterocycles. The maximum absolute atomic E-state index is 9.39. The Morgan fingerprint density at radius 1 is 1.29 bits per heavy atom. The van der Waals surface area contributed by atoms with Crippen molar-refractivity contribution < 1.29 is 5.11 Å². The molecule has 0 aromatic rings. The molecule has 2 rings (SSSR count). The summed E-state index contributed by atoms with van der Waals surface area (Å²) in [5.41, 5.74) is 0. The molecule has 0 spiro atoms. The number of nitrogens with one attached hydrogen (secondary N) is 1. The summed E-state index contributed by atoms with van der Waals surface area (Å²) in [6, 6.07) is 1.63. The van der Waals surface area contributed by atoms with Crippen molar-refractivity contribution in [3.63, 3.8) is 0 Å². The van der Waals surface area contributed by atoms with Gasteiger partial charge in [0, 0.05) is 24.7 Å². The van der Waals surface area contributed by atoms with Crippen LogP contribution in [-0.2, 0) is 0 Å². The number of aliphatic hydroxyl groups is 1. The van der Waals surface area contributed by atoms with Gasteiger partial charge in [0.15, 0.2) is 0 Å². The molecule has 100 valence electrons. The minimum Gasteiger partial charge on any atom is -0.395 e. The van der Waals surface area contributed by atoms with Crippen LogP contribution in [0, 0.1) is 0 Å². The van der Waals surface area contributed by atoms with Crippen LogP contribution in [0.1, 0.15) is 25.7 Å². The van der Waals surface area contributed by atoms with Gasteiger partial charge >= 0.3 is 0 Å². The van der Waals surface area contributed by atoms with E-state index in [9.17, 15) is 5.11 Å².